The lowest BCUT2D eigenvalue weighted by atomic mass is 10.1. The molecule has 1 fully saturated rings. The van der Waals surface area contributed by atoms with E-state index in [1.165, 1.54) is 0 Å². The van der Waals surface area contributed by atoms with Crippen LogP contribution in [0, 0.1) is 0 Å². The average molecular weight is 366 g/mol. The van der Waals surface area contributed by atoms with E-state index in [0.29, 0.717) is 12.8 Å². The largest absolute Gasteiger partial charge is 0.367 e. The first kappa shape index (κ1) is 19.6. The molecule has 1 aliphatic rings. The van der Waals surface area contributed by atoms with Crippen LogP contribution >= 0.6 is 11.6 Å². The zero-order valence-electron chi connectivity index (χ0n) is 15.0. The lowest BCUT2D eigenvalue weighted by molar-refractivity contribution is -0.131. The molecule has 138 valence electrons. The fourth-order valence-electron chi connectivity index (χ4n) is 3.10. The molecule has 5 nitrogen and oxygen atoms in total. The molecule has 0 unspecified atom stereocenters. The molecule has 25 heavy (non-hydrogen) atoms. The number of carbonyl (C=O) groups excluding carboxylic acids is 2. The number of hydrogen-bond acceptors (Lipinski definition) is 3. The van der Waals surface area contributed by atoms with Gasteiger partial charge >= 0.3 is 0 Å². The topological polar surface area (TPSA) is 52.7 Å². The quantitative estimate of drug-likeness (QED) is 0.720. The first-order valence-electron chi connectivity index (χ1n) is 9.09. The maximum Gasteiger partial charge on any atom is 0.222 e. The Labute approximate surface area is 155 Å². The molecule has 1 aliphatic heterocycles. The van der Waals surface area contributed by atoms with Gasteiger partial charge in [-0.1, -0.05) is 36.6 Å². The van der Waals surface area contributed by atoms with Gasteiger partial charge < -0.3 is 15.1 Å². The lowest BCUT2D eigenvalue weighted by Gasteiger charge is -2.36. The first-order chi connectivity index (χ1) is 12.1. The summed E-state index contributed by atoms with van der Waals surface area (Å²) in [7, 11) is 1.66. The molecular weight excluding hydrogens is 338 g/mol. The van der Waals surface area contributed by atoms with Crippen LogP contribution in [0.25, 0.3) is 0 Å². The molecule has 0 bridgehead atoms. The van der Waals surface area contributed by atoms with Crippen molar-refractivity contribution < 1.29 is 9.59 Å². The van der Waals surface area contributed by atoms with Gasteiger partial charge in [0.05, 0.1) is 10.7 Å². The molecule has 1 N–H and O–H groups in total. The highest BCUT2D eigenvalue weighted by molar-refractivity contribution is 6.33. The van der Waals surface area contributed by atoms with Gasteiger partial charge in [-0.15, -0.1) is 0 Å². The van der Waals surface area contributed by atoms with E-state index in [1.807, 2.05) is 29.2 Å². The summed E-state index contributed by atoms with van der Waals surface area (Å²) in [6.45, 7) is 3.14. The third-order valence-electron chi connectivity index (χ3n) is 4.65. The molecule has 2 amide bonds. The number of nitrogens with one attached hydrogen (secondary N) is 1. The molecular formula is C19H28ClN3O2. The summed E-state index contributed by atoms with van der Waals surface area (Å²) in [6, 6.07) is 7.85. The van der Waals surface area contributed by atoms with Crippen molar-refractivity contribution >= 4 is 29.1 Å². The van der Waals surface area contributed by atoms with E-state index in [9.17, 15) is 9.59 Å². The summed E-state index contributed by atoms with van der Waals surface area (Å²) in [5.74, 6) is 0.331. The van der Waals surface area contributed by atoms with Gasteiger partial charge in [-0.25, -0.2) is 0 Å². The predicted molar refractivity (Wildman–Crippen MR) is 102 cm³/mol. The summed E-state index contributed by atoms with van der Waals surface area (Å²) in [4.78, 5) is 27.6. The molecule has 0 atom stereocenters. The van der Waals surface area contributed by atoms with E-state index in [0.717, 1.165) is 62.6 Å². The Hall–Kier alpha value is -1.75. The summed E-state index contributed by atoms with van der Waals surface area (Å²) in [5.41, 5.74) is 1.05. The normalized spacial score (nSPS) is 14.5. The third kappa shape index (κ3) is 6.24. The molecule has 1 aromatic rings. The molecule has 0 aliphatic carbocycles. The fraction of sp³-hybridized carbons (Fsp3) is 0.579. The summed E-state index contributed by atoms with van der Waals surface area (Å²) in [6.07, 6.45) is 4.98. The Morgan fingerprint density at radius 2 is 1.64 bits per heavy atom. The minimum atomic E-state index is 0.0902. The van der Waals surface area contributed by atoms with Crippen molar-refractivity contribution in [2.75, 3.05) is 38.1 Å². The number of nitrogens with zero attached hydrogens (tertiary/aromatic N) is 2. The Morgan fingerprint density at radius 1 is 1.00 bits per heavy atom. The van der Waals surface area contributed by atoms with Crippen LogP contribution in [0.4, 0.5) is 5.69 Å². The zero-order valence-corrected chi connectivity index (χ0v) is 15.7. The van der Waals surface area contributed by atoms with Gasteiger partial charge in [0.2, 0.25) is 11.8 Å². The van der Waals surface area contributed by atoms with Crippen molar-refractivity contribution in [2.24, 2.45) is 0 Å². The summed E-state index contributed by atoms with van der Waals surface area (Å²) in [5, 5.41) is 3.39. The number of para-hydroxylation sites is 1. The highest BCUT2D eigenvalue weighted by atomic mass is 35.5. The van der Waals surface area contributed by atoms with Crippen molar-refractivity contribution in [1.29, 1.82) is 0 Å². The lowest BCUT2D eigenvalue weighted by Crippen LogP contribution is -2.48. The van der Waals surface area contributed by atoms with Gasteiger partial charge in [-0.2, -0.15) is 0 Å². The smallest absolute Gasteiger partial charge is 0.222 e. The number of anilines is 1. The maximum absolute atomic E-state index is 12.3. The van der Waals surface area contributed by atoms with Gasteiger partial charge in [-0.05, 0) is 25.0 Å². The van der Waals surface area contributed by atoms with Crippen molar-refractivity contribution in [3.63, 3.8) is 0 Å². The van der Waals surface area contributed by atoms with Crippen LogP contribution in [0.15, 0.2) is 24.3 Å². The Bertz CT molecular complexity index is 572. The molecule has 6 heteroatoms. The van der Waals surface area contributed by atoms with E-state index in [1.54, 1.807) is 7.05 Å². The monoisotopic (exact) mass is 365 g/mol. The van der Waals surface area contributed by atoms with Gasteiger partial charge in [0.25, 0.3) is 0 Å². The fourth-order valence-corrected chi connectivity index (χ4v) is 3.36. The minimum absolute atomic E-state index is 0.0902. The Kier molecular flexibility index (Phi) is 8.06. The predicted octanol–water partition coefficient (Wildman–Crippen LogP) is 3.08. The molecule has 1 heterocycles. The van der Waals surface area contributed by atoms with Crippen LogP contribution in [-0.4, -0.2) is 49.9 Å². The SMILES string of the molecule is CNC(=O)CCCCCCC(=O)N1CCN(c2ccccc2Cl)CC1. The number of piperazine rings is 1. The van der Waals surface area contributed by atoms with Crippen molar-refractivity contribution in [3.8, 4) is 0 Å². The van der Waals surface area contributed by atoms with Gasteiger partial charge in [0.1, 0.15) is 0 Å². The molecule has 0 saturated carbocycles. The van der Waals surface area contributed by atoms with Crippen molar-refractivity contribution in [1.82, 2.24) is 10.2 Å². The average Bonchev–Trinajstić information content (AvgIpc) is 2.64. The second-order valence-corrected chi connectivity index (χ2v) is 6.81. The first-order valence-corrected chi connectivity index (χ1v) is 9.47. The molecule has 1 aromatic carbocycles. The highest BCUT2D eigenvalue weighted by Gasteiger charge is 2.21. The van der Waals surface area contributed by atoms with Gasteiger partial charge in [0.15, 0.2) is 0 Å². The van der Waals surface area contributed by atoms with E-state index < -0.39 is 0 Å². The minimum Gasteiger partial charge on any atom is -0.367 e. The molecule has 1 saturated heterocycles. The van der Waals surface area contributed by atoms with Crippen LogP contribution in [-0.2, 0) is 9.59 Å². The number of rotatable bonds is 8. The Morgan fingerprint density at radius 3 is 2.28 bits per heavy atom. The van der Waals surface area contributed by atoms with Gasteiger partial charge in [-0.3, -0.25) is 9.59 Å². The second-order valence-electron chi connectivity index (χ2n) is 6.41. The number of hydrogen-bond donors (Lipinski definition) is 1. The van der Waals surface area contributed by atoms with Gasteiger partial charge in [0, 0.05) is 46.1 Å². The number of amides is 2. The highest BCUT2D eigenvalue weighted by Crippen LogP contribution is 2.26. The molecule has 2 rings (SSSR count). The second kappa shape index (κ2) is 10.3. The molecule has 0 aromatic heterocycles. The van der Waals surface area contributed by atoms with Crippen LogP contribution in [0.2, 0.25) is 5.02 Å². The van der Waals surface area contributed by atoms with Crippen LogP contribution in [0.1, 0.15) is 38.5 Å². The number of unbranched alkanes of at least 4 members (excludes halogenated alkanes) is 3. The number of benzene rings is 1. The standard InChI is InChI=1S/C19H28ClN3O2/c1-21-18(24)10-4-2-3-5-11-19(25)23-14-12-22(13-15-23)17-9-7-6-8-16(17)20/h6-9H,2-5,10-15H2,1H3,(H,21,24). The molecule has 0 radical (unpaired) electrons. The van der Waals surface area contributed by atoms with Crippen molar-refractivity contribution in [3.05, 3.63) is 29.3 Å². The zero-order chi connectivity index (χ0) is 18.1. The van der Waals surface area contributed by atoms with E-state index in [2.05, 4.69) is 10.2 Å². The maximum atomic E-state index is 12.3. The van der Waals surface area contributed by atoms with E-state index >= 15 is 0 Å². The van der Waals surface area contributed by atoms with Crippen LogP contribution in [0.3, 0.4) is 0 Å². The summed E-state index contributed by atoms with van der Waals surface area (Å²) < 4.78 is 0. The third-order valence-corrected chi connectivity index (χ3v) is 4.97. The van der Waals surface area contributed by atoms with E-state index in [4.69, 9.17) is 11.6 Å². The van der Waals surface area contributed by atoms with Crippen molar-refractivity contribution in [2.45, 2.75) is 38.5 Å². The number of halogens is 1. The van der Waals surface area contributed by atoms with Crippen LogP contribution in [0.5, 0.6) is 0 Å². The van der Waals surface area contributed by atoms with E-state index in [-0.39, 0.29) is 11.8 Å². The molecule has 0 spiro atoms. The summed E-state index contributed by atoms with van der Waals surface area (Å²) >= 11 is 6.25. The Balaban J connectivity index is 1.63. The van der Waals surface area contributed by atoms with Crippen LogP contribution < -0.4 is 10.2 Å². The number of carbonyl (C=O) groups is 2.